The molecule has 0 radical (unpaired) electrons. The SMILES string of the molecule is NC(=O)[C@@H]1CCCCN1CC1CCOCC1. The molecule has 0 spiro atoms. The highest BCUT2D eigenvalue weighted by atomic mass is 16.5. The van der Waals surface area contributed by atoms with E-state index < -0.39 is 0 Å². The Hall–Kier alpha value is -0.610. The largest absolute Gasteiger partial charge is 0.381 e. The zero-order valence-electron chi connectivity index (χ0n) is 9.86. The Morgan fingerprint density at radius 3 is 2.69 bits per heavy atom. The number of carbonyl (C=O) groups excluding carboxylic acids is 1. The van der Waals surface area contributed by atoms with Crippen LogP contribution in [-0.2, 0) is 9.53 Å². The standard InChI is InChI=1S/C12H22N2O2/c13-12(15)11-3-1-2-6-14(11)9-10-4-7-16-8-5-10/h10-11H,1-9H2,(H2,13,15)/t11-/m0/s1. The molecule has 2 aliphatic heterocycles. The lowest BCUT2D eigenvalue weighted by Crippen LogP contribution is -2.49. The van der Waals surface area contributed by atoms with Crippen molar-refractivity contribution in [3.63, 3.8) is 0 Å². The molecular weight excluding hydrogens is 204 g/mol. The quantitative estimate of drug-likeness (QED) is 0.772. The lowest BCUT2D eigenvalue weighted by molar-refractivity contribution is -0.124. The van der Waals surface area contributed by atoms with Gasteiger partial charge >= 0.3 is 0 Å². The Balaban J connectivity index is 1.87. The summed E-state index contributed by atoms with van der Waals surface area (Å²) in [4.78, 5) is 13.7. The third-order valence-corrected chi connectivity index (χ3v) is 3.78. The van der Waals surface area contributed by atoms with Crippen LogP contribution in [0.1, 0.15) is 32.1 Å². The number of nitrogens with two attached hydrogens (primary N) is 1. The second-order valence-electron chi connectivity index (χ2n) is 4.96. The summed E-state index contributed by atoms with van der Waals surface area (Å²) in [6, 6.07) is -0.0170. The number of carbonyl (C=O) groups is 1. The van der Waals surface area contributed by atoms with Gasteiger partial charge in [0.05, 0.1) is 6.04 Å². The molecule has 2 heterocycles. The van der Waals surface area contributed by atoms with Crippen LogP contribution in [0.2, 0.25) is 0 Å². The predicted molar refractivity (Wildman–Crippen MR) is 61.9 cm³/mol. The van der Waals surface area contributed by atoms with Crippen LogP contribution < -0.4 is 5.73 Å². The molecule has 2 aliphatic rings. The number of likely N-dealkylation sites (tertiary alicyclic amines) is 1. The Morgan fingerprint density at radius 1 is 1.25 bits per heavy atom. The van der Waals surface area contributed by atoms with Crippen molar-refractivity contribution in [3.8, 4) is 0 Å². The van der Waals surface area contributed by atoms with Crippen molar-refractivity contribution >= 4 is 5.91 Å². The number of rotatable bonds is 3. The van der Waals surface area contributed by atoms with Crippen LogP contribution in [0.3, 0.4) is 0 Å². The van der Waals surface area contributed by atoms with Gasteiger partial charge in [-0.1, -0.05) is 6.42 Å². The van der Waals surface area contributed by atoms with Gasteiger partial charge < -0.3 is 10.5 Å². The third kappa shape index (κ3) is 2.95. The first kappa shape index (κ1) is 11.9. The number of piperidine rings is 1. The molecule has 4 heteroatoms. The van der Waals surface area contributed by atoms with Crippen molar-refractivity contribution in [2.24, 2.45) is 11.7 Å². The van der Waals surface area contributed by atoms with Crippen LogP contribution in [0.15, 0.2) is 0 Å². The highest BCUT2D eigenvalue weighted by Gasteiger charge is 2.29. The highest BCUT2D eigenvalue weighted by Crippen LogP contribution is 2.22. The highest BCUT2D eigenvalue weighted by molar-refractivity contribution is 5.79. The first-order chi connectivity index (χ1) is 7.77. The second kappa shape index (κ2) is 5.64. The number of nitrogens with zero attached hydrogens (tertiary/aromatic N) is 1. The molecule has 16 heavy (non-hydrogen) atoms. The van der Waals surface area contributed by atoms with Gasteiger partial charge in [0.1, 0.15) is 0 Å². The maximum atomic E-state index is 11.4. The van der Waals surface area contributed by atoms with E-state index in [9.17, 15) is 4.79 Å². The monoisotopic (exact) mass is 226 g/mol. The Labute approximate surface area is 97.1 Å². The first-order valence-corrected chi connectivity index (χ1v) is 6.38. The molecule has 1 atom stereocenters. The molecule has 4 nitrogen and oxygen atoms in total. The topological polar surface area (TPSA) is 55.6 Å². The van der Waals surface area contributed by atoms with Gasteiger partial charge in [-0.15, -0.1) is 0 Å². The van der Waals surface area contributed by atoms with Gasteiger partial charge in [0, 0.05) is 19.8 Å². The number of ether oxygens (including phenoxy) is 1. The molecule has 2 N–H and O–H groups in total. The van der Waals surface area contributed by atoms with Gasteiger partial charge in [0.25, 0.3) is 0 Å². The minimum atomic E-state index is -0.147. The van der Waals surface area contributed by atoms with Crippen LogP contribution in [0, 0.1) is 5.92 Å². The van der Waals surface area contributed by atoms with Crippen molar-refractivity contribution in [2.45, 2.75) is 38.1 Å². The third-order valence-electron chi connectivity index (χ3n) is 3.78. The predicted octanol–water partition coefficient (Wildman–Crippen LogP) is 0.753. The summed E-state index contributed by atoms with van der Waals surface area (Å²) < 4.78 is 5.35. The fraction of sp³-hybridized carbons (Fsp3) is 0.917. The van der Waals surface area contributed by atoms with Crippen molar-refractivity contribution in [1.29, 1.82) is 0 Å². The Kier molecular flexibility index (Phi) is 4.18. The molecule has 2 rings (SSSR count). The van der Waals surface area contributed by atoms with Crippen LogP contribution in [0.5, 0.6) is 0 Å². The van der Waals surface area contributed by atoms with E-state index in [1.807, 2.05) is 0 Å². The van der Waals surface area contributed by atoms with E-state index in [1.165, 1.54) is 6.42 Å². The lowest BCUT2D eigenvalue weighted by Gasteiger charge is -2.37. The minimum Gasteiger partial charge on any atom is -0.381 e. The number of primary amides is 1. The molecule has 0 aromatic rings. The molecule has 0 aromatic heterocycles. The van der Waals surface area contributed by atoms with Crippen LogP contribution in [-0.4, -0.2) is 43.2 Å². The number of hydrogen-bond acceptors (Lipinski definition) is 3. The fourth-order valence-electron chi connectivity index (χ4n) is 2.79. The Morgan fingerprint density at radius 2 is 2.00 bits per heavy atom. The van der Waals surface area contributed by atoms with E-state index in [0.717, 1.165) is 52.0 Å². The molecule has 92 valence electrons. The summed E-state index contributed by atoms with van der Waals surface area (Å²) in [5.74, 6) is 0.542. The van der Waals surface area contributed by atoms with Gasteiger partial charge in [-0.25, -0.2) is 0 Å². The van der Waals surface area contributed by atoms with Crippen molar-refractivity contribution in [2.75, 3.05) is 26.3 Å². The smallest absolute Gasteiger partial charge is 0.234 e. The van der Waals surface area contributed by atoms with Gasteiger partial charge in [-0.2, -0.15) is 0 Å². The number of amides is 1. The average molecular weight is 226 g/mol. The van der Waals surface area contributed by atoms with E-state index in [2.05, 4.69) is 4.90 Å². The van der Waals surface area contributed by atoms with E-state index in [-0.39, 0.29) is 11.9 Å². The molecule has 0 aliphatic carbocycles. The van der Waals surface area contributed by atoms with Gasteiger partial charge in [0.2, 0.25) is 5.91 Å². The van der Waals surface area contributed by atoms with E-state index in [0.29, 0.717) is 5.92 Å². The van der Waals surface area contributed by atoms with Crippen LogP contribution in [0.25, 0.3) is 0 Å². The molecule has 2 saturated heterocycles. The fourth-order valence-corrected chi connectivity index (χ4v) is 2.79. The lowest BCUT2D eigenvalue weighted by atomic mass is 9.95. The van der Waals surface area contributed by atoms with E-state index in [1.54, 1.807) is 0 Å². The molecule has 0 unspecified atom stereocenters. The molecule has 1 amide bonds. The maximum Gasteiger partial charge on any atom is 0.234 e. The molecule has 2 fully saturated rings. The summed E-state index contributed by atoms with van der Waals surface area (Å²) in [5.41, 5.74) is 5.46. The molecule has 0 aromatic carbocycles. The molecular formula is C12H22N2O2. The van der Waals surface area contributed by atoms with E-state index >= 15 is 0 Å². The van der Waals surface area contributed by atoms with Crippen molar-refractivity contribution in [1.82, 2.24) is 4.90 Å². The van der Waals surface area contributed by atoms with Crippen LogP contribution in [0.4, 0.5) is 0 Å². The van der Waals surface area contributed by atoms with Crippen molar-refractivity contribution < 1.29 is 9.53 Å². The molecule has 0 saturated carbocycles. The summed E-state index contributed by atoms with van der Waals surface area (Å²) in [6.45, 7) is 3.81. The average Bonchev–Trinajstić information content (AvgIpc) is 2.31. The molecule has 0 bridgehead atoms. The van der Waals surface area contributed by atoms with Gasteiger partial charge in [-0.3, -0.25) is 9.69 Å². The second-order valence-corrected chi connectivity index (χ2v) is 4.96. The Bertz CT molecular complexity index is 239. The van der Waals surface area contributed by atoms with Crippen LogP contribution >= 0.6 is 0 Å². The zero-order valence-corrected chi connectivity index (χ0v) is 9.86. The van der Waals surface area contributed by atoms with Gasteiger partial charge in [-0.05, 0) is 38.1 Å². The summed E-state index contributed by atoms with van der Waals surface area (Å²) in [5, 5.41) is 0. The number of hydrogen-bond donors (Lipinski definition) is 1. The zero-order chi connectivity index (χ0) is 11.4. The normalized spacial score (nSPS) is 29.1. The van der Waals surface area contributed by atoms with Crippen molar-refractivity contribution in [3.05, 3.63) is 0 Å². The van der Waals surface area contributed by atoms with Gasteiger partial charge in [0.15, 0.2) is 0 Å². The van der Waals surface area contributed by atoms with E-state index in [4.69, 9.17) is 10.5 Å². The summed E-state index contributed by atoms with van der Waals surface area (Å²) >= 11 is 0. The summed E-state index contributed by atoms with van der Waals surface area (Å²) in [7, 11) is 0. The first-order valence-electron chi connectivity index (χ1n) is 6.38. The minimum absolute atomic E-state index is 0.0170. The summed E-state index contributed by atoms with van der Waals surface area (Å²) in [6.07, 6.45) is 5.54. The maximum absolute atomic E-state index is 11.4.